The minimum Gasteiger partial charge on any atom is -0.360 e. The van der Waals surface area contributed by atoms with Gasteiger partial charge in [-0.25, -0.2) is 0 Å². The second-order valence-corrected chi connectivity index (χ2v) is 7.84. The number of Topliss-reactive ketones (excluding diaryl/α,β-unsaturated/α-hetero) is 1. The minimum atomic E-state index is -0.320. The van der Waals surface area contributed by atoms with Crippen molar-refractivity contribution in [3.05, 3.63) is 65.4 Å². The summed E-state index contributed by atoms with van der Waals surface area (Å²) >= 11 is 1.36. The zero-order valence-corrected chi connectivity index (χ0v) is 16.1. The van der Waals surface area contributed by atoms with Crippen molar-refractivity contribution in [2.45, 2.75) is 31.2 Å². The van der Waals surface area contributed by atoms with E-state index in [4.69, 9.17) is 0 Å². The van der Waals surface area contributed by atoms with Crippen LogP contribution in [0.1, 0.15) is 28.4 Å². The maximum absolute atomic E-state index is 13.0. The van der Waals surface area contributed by atoms with Crippen LogP contribution in [-0.4, -0.2) is 36.2 Å². The highest BCUT2D eigenvalue weighted by Gasteiger charge is 2.23. The van der Waals surface area contributed by atoms with Crippen molar-refractivity contribution in [1.82, 2.24) is 25.2 Å². The average Bonchev–Trinajstić information content (AvgIpc) is 3.28. The number of benzene rings is 2. The van der Waals surface area contributed by atoms with Gasteiger partial charge in [-0.1, -0.05) is 47.7 Å². The summed E-state index contributed by atoms with van der Waals surface area (Å²) in [4.78, 5) is 16.1. The van der Waals surface area contributed by atoms with Gasteiger partial charge in [-0.15, -0.1) is 5.10 Å². The van der Waals surface area contributed by atoms with Gasteiger partial charge in [0.1, 0.15) is 0 Å². The predicted molar refractivity (Wildman–Crippen MR) is 107 cm³/mol. The highest BCUT2D eigenvalue weighted by molar-refractivity contribution is 8.00. The molecule has 2 aromatic carbocycles. The fourth-order valence-electron chi connectivity index (χ4n) is 3.15. The van der Waals surface area contributed by atoms with Crippen LogP contribution in [0.5, 0.6) is 0 Å². The van der Waals surface area contributed by atoms with Crippen molar-refractivity contribution in [3.63, 3.8) is 0 Å². The molecule has 0 saturated carbocycles. The van der Waals surface area contributed by atoms with Gasteiger partial charge in [0.2, 0.25) is 5.16 Å². The highest BCUT2D eigenvalue weighted by Crippen LogP contribution is 2.28. The molecule has 7 heteroatoms. The molecule has 0 saturated heterocycles. The lowest BCUT2D eigenvalue weighted by molar-refractivity contribution is 0.0995. The number of rotatable bonds is 5. The van der Waals surface area contributed by atoms with Gasteiger partial charge < -0.3 is 4.98 Å². The molecule has 0 bridgehead atoms. The summed E-state index contributed by atoms with van der Waals surface area (Å²) in [6.07, 6.45) is 1.77. The normalized spacial score (nSPS) is 12.4. The van der Waals surface area contributed by atoms with E-state index in [2.05, 4.69) is 26.6 Å². The molecule has 0 spiro atoms. The average molecular weight is 377 g/mol. The lowest BCUT2D eigenvalue weighted by Gasteiger charge is -2.11. The maximum atomic E-state index is 13.0. The smallest absolute Gasteiger partial charge is 0.214 e. The maximum Gasteiger partial charge on any atom is 0.214 e. The molecule has 2 heterocycles. The first kappa shape index (κ1) is 17.5. The standard InChI is InChI=1S/C20H19N5OS/c1-12-8-9-18(13(2)10-12)25-20(22-23-24-25)27-14(3)19(26)16-11-21-17-7-5-4-6-15(16)17/h4-11,14,21H,1-3H3/t14-/m1/s1. The summed E-state index contributed by atoms with van der Waals surface area (Å²) in [5, 5.41) is 13.3. The van der Waals surface area contributed by atoms with Crippen molar-refractivity contribution in [2.24, 2.45) is 0 Å². The number of H-pyrrole nitrogens is 1. The minimum absolute atomic E-state index is 0.0487. The van der Waals surface area contributed by atoms with Gasteiger partial charge >= 0.3 is 0 Å². The Morgan fingerprint density at radius 2 is 2.00 bits per heavy atom. The third-order valence-electron chi connectivity index (χ3n) is 4.53. The van der Waals surface area contributed by atoms with E-state index in [1.165, 1.54) is 17.3 Å². The van der Waals surface area contributed by atoms with E-state index in [0.717, 1.165) is 22.2 Å². The van der Waals surface area contributed by atoms with Gasteiger partial charge in [-0.3, -0.25) is 4.79 Å². The monoisotopic (exact) mass is 377 g/mol. The molecule has 136 valence electrons. The zero-order valence-electron chi connectivity index (χ0n) is 15.3. The Bertz CT molecular complexity index is 1130. The summed E-state index contributed by atoms with van der Waals surface area (Å²) in [7, 11) is 0. The molecule has 0 aliphatic rings. The summed E-state index contributed by atoms with van der Waals surface area (Å²) in [6, 6.07) is 13.9. The number of hydrogen-bond donors (Lipinski definition) is 1. The number of aromatic amines is 1. The SMILES string of the molecule is Cc1ccc(-n2nnnc2S[C@H](C)C(=O)c2c[nH]c3ccccc23)c(C)c1. The third kappa shape index (κ3) is 3.26. The first-order chi connectivity index (χ1) is 13.0. The molecular formula is C20H19N5OS. The van der Waals surface area contributed by atoms with Crippen molar-refractivity contribution in [2.75, 3.05) is 0 Å². The van der Waals surface area contributed by atoms with Crippen LogP contribution >= 0.6 is 11.8 Å². The largest absolute Gasteiger partial charge is 0.360 e. The van der Waals surface area contributed by atoms with E-state index in [9.17, 15) is 4.79 Å². The Kier molecular flexibility index (Phi) is 4.53. The Morgan fingerprint density at radius 3 is 2.81 bits per heavy atom. The Labute approximate surface area is 161 Å². The molecule has 0 radical (unpaired) electrons. The first-order valence-electron chi connectivity index (χ1n) is 8.67. The summed E-state index contributed by atoms with van der Waals surface area (Å²) in [5.41, 5.74) is 4.83. The zero-order chi connectivity index (χ0) is 19.0. The van der Waals surface area contributed by atoms with Crippen LogP contribution in [0.25, 0.3) is 16.6 Å². The van der Waals surface area contributed by atoms with Crippen molar-refractivity contribution < 1.29 is 4.79 Å². The van der Waals surface area contributed by atoms with Crippen LogP contribution in [0.2, 0.25) is 0 Å². The fraction of sp³-hybridized carbons (Fsp3) is 0.200. The van der Waals surface area contributed by atoms with E-state index < -0.39 is 0 Å². The lowest BCUT2D eigenvalue weighted by atomic mass is 10.1. The number of thioether (sulfide) groups is 1. The summed E-state index contributed by atoms with van der Waals surface area (Å²) in [5.74, 6) is 0.0487. The van der Waals surface area contributed by atoms with Crippen molar-refractivity contribution >= 4 is 28.4 Å². The molecule has 2 aromatic heterocycles. The van der Waals surface area contributed by atoms with E-state index in [1.54, 1.807) is 10.9 Å². The molecular weight excluding hydrogens is 358 g/mol. The molecule has 0 fully saturated rings. The fourth-order valence-corrected chi connectivity index (χ4v) is 4.02. The van der Waals surface area contributed by atoms with Crippen molar-refractivity contribution in [1.29, 1.82) is 0 Å². The first-order valence-corrected chi connectivity index (χ1v) is 9.55. The number of ketones is 1. The molecule has 4 aromatic rings. The Balaban J connectivity index is 1.61. The van der Waals surface area contributed by atoms with Crippen LogP contribution in [0.3, 0.4) is 0 Å². The third-order valence-corrected chi connectivity index (χ3v) is 5.56. The molecule has 6 nitrogen and oxygen atoms in total. The van der Waals surface area contributed by atoms with Crippen molar-refractivity contribution in [3.8, 4) is 5.69 Å². The molecule has 0 aliphatic carbocycles. The van der Waals surface area contributed by atoms with Crippen LogP contribution in [0.15, 0.2) is 53.8 Å². The van der Waals surface area contributed by atoms with Crippen LogP contribution in [0, 0.1) is 13.8 Å². The molecule has 0 aliphatic heterocycles. The molecule has 0 amide bonds. The number of carbonyl (C=O) groups is 1. The molecule has 1 N–H and O–H groups in total. The van der Waals surface area contributed by atoms with E-state index in [0.29, 0.717) is 10.7 Å². The number of hydrogen-bond acceptors (Lipinski definition) is 5. The van der Waals surface area contributed by atoms with Crippen LogP contribution in [0.4, 0.5) is 0 Å². The van der Waals surface area contributed by atoms with Gasteiger partial charge in [-0.2, -0.15) is 4.68 Å². The Morgan fingerprint density at radius 1 is 1.19 bits per heavy atom. The van der Waals surface area contributed by atoms with Gasteiger partial charge in [0.05, 0.1) is 10.9 Å². The number of para-hydroxylation sites is 1. The number of tetrazole rings is 1. The summed E-state index contributed by atoms with van der Waals surface area (Å²) in [6.45, 7) is 5.96. The van der Waals surface area contributed by atoms with E-state index >= 15 is 0 Å². The van der Waals surface area contributed by atoms with Gasteiger partial charge in [0.15, 0.2) is 5.78 Å². The topological polar surface area (TPSA) is 76.5 Å². The van der Waals surface area contributed by atoms with Gasteiger partial charge in [0.25, 0.3) is 0 Å². The predicted octanol–water partition coefficient (Wildman–Crippen LogP) is 4.12. The second kappa shape index (κ2) is 7.00. The summed E-state index contributed by atoms with van der Waals surface area (Å²) < 4.78 is 1.69. The highest BCUT2D eigenvalue weighted by atomic mass is 32.2. The second-order valence-electron chi connectivity index (χ2n) is 6.54. The number of nitrogens with zero attached hydrogens (tertiary/aromatic N) is 4. The molecule has 1 atom stereocenters. The number of aryl methyl sites for hydroxylation is 2. The molecule has 0 unspecified atom stereocenters. The number of aromatic nitrogens is 5. The van der Waals surface area contributed by atoms with Crippen LogP contribution in [-0.2, 0) is 0 Å². The van der Waals surface area contributed by atoms with E-state index in [-0.39, 0.29) is 11.0 Å². The molecule has 27 heavy (non-hydrogen) atoms. The number of carbonyl (C=O) groups excluding carboxylic acids is 1. The van der Waals surface area contributed by atoms with Gasteiger partial charge in [-0.05, 0) is 48.9 Å². The van der Waals surface area contributed by atoms with Gasteiger partial charge in [0, 0.05) is 22.7 Å². The number of nitrogens with one attached hydrogen (secondary N) is 1. The van der Waals surface area contributed by atoms with E-state index in [1.807, 2.05) is 57.2 Å². The quantitative estimate of drug-likeness (QED) is 0.418. The Hall–Kier alpha value is -2.93. The number of fused-ring (bicyclic) bond motifs is 1. The molecule has 4 rings (SSSR count). The lowest BCUT2D eigenvalue weighted by Crippen LogP contribution is -2.14. The van der Waals surface area contributed by atoms with Crippen LogP contribution < -0.4 is 0 Å².